The molecule has 0 heteroatoms. The van der Waals surface area contributed by atoms with E-state index in [1.165, 1.54) is 32.1 Å². The highest BCUT2D eigenvalue weighted by Crippen LogP contribution is 2.44. The average molecular weight is 305 g/mol. The van der Waals surface area contributed by atoms with Gasteiger partial charge in [0.1, 0.15) is 0 Å². The van der Waals surface area contributed by atoms with Crippen molar-refractivity contribution in [1.82, 2.24) is 0 Å². The van der Waals surface area contributed by atoms with Gasteiger partial charge in [0.25, 0.3) is 0 Å². The van der Waals surface area contributed by atoms with Crippen LogP contribution in [-0.2, 0) is 0 Å². The van der Waals surface area contributed by atoms with E-state index in [-0.39, 0.29) is 0 Å². The summed E-state index contributed by atoms with van der Waals surface area (Å²) in [6.07, 6.45) is 21.6. The predicted molar refractivity (Wildman–Crippen MR) is 96.9 cm³/mol. The van der Waals surface area contributed by atoms with Crippen LogP contribution >= 0.6 is 0 Å². The Morgan fingerprint density at radius 1 is 0.545 bits per heavy atom. The molecule has 0 nitrogen and oxygen atoms in total. The van der Waals surface area contributed by atoms with Gasteiger partial charge in [-0.15, -0.1) is 0 Å². The molecule has 3 rings (SSSR count). The maximum Gasteiger partial charge on any atom is -0.0386 e. The molecule has 0 aromatic heterocycles. The molecule has 0 amide bonds. The van der Waals surface area contributed by atoms with E-state index in [0.717, 1.165) is 35.5 Å². The van der Waals surface area contributed by atoms with Crippen molar-refractivity contribution in [3.05, 3.63) is 0 Å². The van der Waals surface area contributed by atoms with Crippen molar-refractivity contribution in [3.63, 3.8) is 0 Å². The molecule has 3 saturated carbocycles. The molecule has 0 atom stereocenters. The van der Waals surface area contributed by atoms with Crippen molar-refractivity contribution in [1.29, 1.82) is 0 Å². The number of hydrogen-bond acceptors (Lipinski definition) is 0. The van der Waals surface area contributed by atoms with Gasteiger partial charge in [-0.05, 0) is 67.6 Å². The summed E-state index contributed by atoms with van der Waals surface area (Å²) in [4.78, 5) is 0. The smallest absolute Gasteiger partial charge is 0.0386 e. The molecule has 22 heavy (non-hydrogen) atoms. The van der Waals surface area contributed by atoms with Crippen LogP contribution in [0.2, 0.25) is 0 Å². The van der Waals surface area contributed by atoms with Crippen LogP contribution in [0.4, 0.5) is 0 Å². The second-order valence-electron chi connectivity index (χ2n) is 9.33. The van der Waals surface area contributed by atoms with E-state index in [4.69, 9.17) is 0 Å². The minimum absolute atomic E-state index is 1.02. The van der Waals surface area contributed by atoms with Crippen molar-refractivity contribution in [2.45, 2.75) is 104 Å². The molecule has 0 radical (unpaired) electrons. The molecule has 0 aromatic rings. The van der Waals surface area contributed by atoms with Crippen LogP contribution in [0.5, 0.6) is 0 Å². The maximum absolute atomic E-state index is 2.46. The summed E-state index contributed by atoms with van der Waals surface area (Å²) in [7, 11) is 0. The van der Waals surface area contributed by atoms with Gasteiger partial charge < -0.3 is 0 Å². The Bertz CT molecular complexity index is 296. The monoisotopic (exact) mass is 304 g/mol. The van der Waals surface area contributed by atoms with Crippen molar-refractivity contribution in [3.8, 4) is 0 Å². The third-order valence-electron chi connectivity index (χ3n) is 7.83. The molecule has 0 spiro atoms. The summed E-state index contributed by atoms with van der Waals surface area (Å²) < 4.78 is 0. The van der Waals surface area contributed by atoms with E-state index in [1.54, 1.807) is 57.8 Å². The van der Waals surface area contributed by atoms with Crippen molar-refractivity contribution in [2.75, 3.05) is 0 Å². The molecule has 0 aromatic carbocycles. The Hall–Kier alpha value is 0. The SMILES string of the molecule is CCC1CCC(CC2CCC(C3CCC(C)CC3)CC2)CC1. The van der Waals surface area contributed by atoms with Crippen LogP contribution < -0.4 is 0 Å². The van der Waals surface area contributed by atoms with E-state index >= 15 is 0 Å². The molecule has 0 saturated heterocycles. The van der Waals surface area contributed by atoms with Crippen molar-refractivity contribution < 1.29 is 0 Å². The van der Waals surface area contributed by atoms with Crippen molar-refractivity contribution in [2.24, 2.45) is 35.5 Å². The van der Waals surface area contributed by atoms with Gasteiger partial charge in [0.05, 0.1) is 0 Å². The van der Waals surface area contributed by atoms with Gasteiger partial charge in [-0.25, -0.2) is 0 Å². The molecule has 128 valence electrons. The lowest BCUT2D eigenvalue weighted by atomic mass is 9.67. The first-order valence-corrected chi connectivity index (χ1v) is 10.7. The lowest BCUT2D eigenvalue weighted by molar-refractivity contribution is 0.132. The molecule has 0 N–H and O–H groups in total. The van der Waals surface area contributed by atoms with Crippen LogP contribution in [-0.4, -0.2) is 0 Å². The highest BCUT2D eigenvalue weighted by molar-refractivity contribution is 4.83. The Balaban J connectivity index is 1.35. The zero-order chi connectivity index (χ0) is 15.4. The van der Waals surface area contributed by atoms with Crippen LogP contribution in [0.25, 0.3) is 0 Å². The normalized spacial score (nSPS) is 43.9. The summed E-state index contributed by atoms with van der Waals surface area (Å²) in [6, 6.07) is 0. The number of rotatable bonds is 4. The molecule has 0 heterocycles. The second-order valence-corrected chi connectivity index (χ2v) is 9.33. The fourth-order valence-electron chi connectivity index (χ4n) is 6.00. The van der Waals surface area contributed by atoms with Gasteiger partial charge >= 0.3 is 0 Å². The van der Waals surface area contributed by atoms with E-state index in [1.807, 2.05) is 0 Å². The molecule has 0 aliphatic heterocycles. The molecule has 3 fully saturated rings. The largest absolute Gasteiger partial charge is 0.0651 e. The van der Waals surface area contributed by atoms with Crippen LogP contribution in [0.1, 0.15) is 104 Å². The summed E-state index contributed by atoms with van der Waals surface area (Å²) in [5.74, 6) is 6.50. The Morgan fingerprint density at radius 2 is 0.955 bits per heavy atom. The van der Waals surface area contributed by atoms with E-state index in [0.29, 0.717) is 0 Å². The summed E-state index contributed by atoms with van der Waals surface area (Å²) in [6.45, 7) is 4.85. The maximum atomic E-state index is 2.46. The Labute approximate surface area is 139 Å². The first-order valence-electron chi connectivity index (χ1n) is 10.7. The van der Waals surface area contributed by atoms with Crippen LogP contribution in [0.3, 0.4) is 0 Å². The lowest BCUT2D eigenvalue weighted by Gasteiger charge is -2.38. The first kappa shape index (κ1) is 16.8. The average Bonchev–Trinajstić information content (AvgIpc) is 2.57. The Morgan fingerprint density at radius 3 is 1.45 bits per heavy atom. The van der Waals surface area contributed by atoms with Gasteiger partial charge in [-0.3, -0.25) is 0 Å². The summed E-state index contributed by atoms with van der Waals surface area (Å²) in [5, 5.41) is 0. The fraction of sp³-hybridized carbons (Fsp3) is 1.00. The van der Waals surface area contributed by atoms with Gasteiger partial charge in [-0.2, -0.15) is 0 Å². The first-order chi connectivity index (χ1) is 10.7. The standard InChI is InChI=1S/C22H40/c1-3-18-6-8-19(9-7-18)16-20-10-14-22(15-11-20)21-12-4-17(2)5-13-21/h17-22H,3-16H2,1-2H3. The van der Waals surface area contributed by atoms with Gasteiger partial charge in [0.2, 0.25) is 0 Å². The molecule has 3 aliphatic rings. The highest BCUT2D eigenvalue weighted by atomic mass is 14.4. The second kappa shape index (κ2) is 8.20. The zero-order valence-electron chi connectivity index (χ0n) is 15.4. The van der Waals surface area contributed by atoms with E-state index in [9.17, 15) is 0 Å². The topological polar surface area (TPSA) is 0 Å². The molecule has 3 aliphatic carbocycles. The predicted octanol–water partition coefficient (Wildman–Crippen LogP) is 7.23. The van der Waals surface area contributed by atoms with E-state index < -0.39 is 0 Å². The minimum atomic E-state index is 1.02. The Kier molecular flexibility index (Phi) is 6.28. The van der Waals surface area contributed by atoms with Crippen LogP contribution in [0, 0.1) is 35.5 Å². The lowest BCUT2D eigenvalue weighted by Crippen LogP contribution is -2.26. The van der Waals surface area contributed by atoms with Crippen molar-refractivity contribution >= 4 is 0 Å². The highest BCUT2D eigenvalue weighted by Gasteiger charge is 2.31. The van der Waals surface area contributed by atoms with Gasteiger partial charge in [-0.1, -0.05) is 71.6 Å². The fourth-order valence-corrected chi connectivity index (χ4v) is 6.00. The van der Waals surface area contributed by atoms with Gasteiger partial charge in [0, 0.05) is 0 Å². The molecule has 0 unspecified atom stereocenters. The van der Waals surface area contributed by atoms with E-state index in [2.05, 4.69) is 13.8 Å². The third kappa shape index (κ3) is 4.51. The molecular formula is C22H40. The minimum Gasteiger partial charge on any atom is -0.0651 e. The summed E-state index contributed by atoms with van der Waals surface area (Å²) >= 11 is 0. The molecular weight excluding hydrogens is 264 g/mol. The zero-order valence-corrected chi connectivity index (χ0v) is 15.4. The number of hydrogen-bond donors (Lipinski definition) is 0. The third-order valence-corrected chi connectivity index (χ3v) is 7.83. The summed E-state index contributed by atoms with van der Waals surface area (Å²) in [5.41, 5.74) is 0. The van der Waals surface area contributed by atoms with Gasteiger partial charge in [0.15, 0.2) is 0 Å². The quantitative estimate of drug-likeness (QED) is 0.514. The molecule has 0 bridgehead atoms. The van der Waals surface area contributed by atoms with Crippen LogP contribution in [0.15, 0.2) is 0 Å².